The largest absolute Gasteiger partial charge is 0.428 e. The summed E-state index contributed by atoms with van der Waals surface area (Å²) >= 11 is 0. The van der Waals surface area contributed by atoms with Gasteiger partial charge in [0.15, 0.2) is 0 Å². The maximum Gasteiger partial charge on any atom is 0.322 e. The molecule has 6 heteroatoms. The fourth-order valence-corrected chi connectivity index (χ4v) is 1.06. The summed E-state index contributed by atoms with van der Waals surface area (Å²) in [6.07, 6.45) is 0.0865. The Hall–Kier alpha value is -1.56. The molecule has 0 bridgehead atoms. The minimum Gasteiger partial charge on any atom is -0.428 e. The van der Waals surface area contributed by atoms with E-state index in [0.717, 1.165) is 5.69 Å². The van der Waals surface area contributed by atoms with E-state index in [2.05, 4.69) is 15.6 Å². The standard InChI is InChI=1S/C10H17N3O3/c1-6(14)4-5-11-9(15)13-10-12-7(2)8(3)16-10/h6,14H,4-5H2,1-3H3,(H2,11,12,13,15). The third kappa shape index (κ3) is 3.90. The monoisotopic (exact) mass is 227 g/mol. The molecule has 16 heavy (non-hydrogen) atoms. The molecule has 0 aliphatic heterocycles. The van der Waals surface area contributed by atoms with Crippen molar-refractivity contribution < 1.29 is 14.3 Å². The van der Waals surface area contributed by atoms with Gasteiger partial charge in [-0.25, -0.2) is 4.79 Å². The second kappa shape index (κ2) is 5.50. The topological polar surface area (TPSA) is 87.4 Å². The van der Waals surface area contributed by atoms with Crippen LogP contribution in [0.5, 0.6) is 0 Å². The molecule has 2 amide bonds. The number of rotatable bonds is 4. The van der Waals surface area contributed by atoms with Gasteiger partial charge in [0.25, 0.3) is 0 Å². The molecule has 0 saturated heterocycles. The molecule has 3 N–H and O–H groups in total. The van der Waals surface area contributed by atoms with Gasteiger partial charge in [0, 0.05) is 6.54 Å². The summed E-state index contributed by atoms with van der Waals surface area (Å²) in [7, 11) is 0. The van der Waals surface area contributed by atoms with Crippen LogP contribution in [0.2, 0.25) is 0 Å². The third-order valence-corrected chi connectivity index (χ3v) is 2.10. The number of aryl methyl sites for hydroxylation is 2. The predicted octanol–water partition coefficient (Wildman–Crippen LogP) is 1.18. The lowest BCUT2D eigenvalue weighted by Gasteiger charge is -2.05. The Bertz CT molecular complexity index is 341. The summed E-state index contributed by atoms with van der Waals surface area (Å²) in [5, 5.41) is 14.0. The van der Waals surface area contributed by atoms with Gasteiger partial charge in [-0.05, 0) is 27.2 Å². The van der Waals surface area contributed by atoms with E-state index in [1.165, 1.54) is 0 Å². The fourth-order valence-electron chi connectivity index (χ4n) is 1.06. The van der Waals surface area contributed by atoms with Crippen LogP contribution in [0.1, 0.15) is 24.8 Å². The minimum atomic E-state index is -0.425. The number of aromatic nitrogens is 1. The summed E-state index contributed by atoms with van der Waals surface area (Å²) in [4.78, 5) is 15.3. The van der Waals surface area contributed by atoms with Gasteiger partial charge in [0.05, 0.1) is 11.8 Å². The molecule has 1 unspecified atom stereocenters. The summed E-state index contributed by atoms with van der Waals surface area (Å²) in [5.41, 5.74) is 0.749. The van der Waals surface area contributed by atoms with Gasteiger partial charge in [-0.1, -0.05) is 0 Å². The van der Waals surface area contributed by atoms with Gasteiger partial charge in [-0.15, -0.1) is 0 Å². The van der Waals surface area contributed by atoms with Crippen molar-refractivity contribution in [2.75, 3.05) is 11.9 Å². The smallest absolute Gasteiger partial charge is 0.322 e. The average Bonchev–Trinajstić information content (AvgIpc) is 2.44. The van der Waals surface area contributed by atoms with Crippen LogP contribution in [0.15, 0.2) is 4.42 Å². The molecule has 1 aromatic heterocycles. The first-order valence-electron chi connectivity index (χ1n) is 5.16. The molecule has 6 nitrogen and oxygen atoms in total. The number of carbonyl (C=O) groups is 1. The van der Waals surface area contributed by atoms with E-state index >= 15 is 0 Å². The molecule has 0 aromatic carbocycles. The molecular formula is C10H17N3O3. The van der Waals surface area contributed by atoms with Crippen molar-refractivity contribution in [1.82, 2.24) is 10.3 Å². The van der Waals surface area contributed by atoms with Gasteiger partial charge < -0.3 is 14.8 Å². The van der Waals surface area contributed by atoms with Crippen LogP contribution in [0.3, 0.4) is 0 Å². The highest BCUT2D eigenvalue weighted by Crippen LogP contribution is 2.12. The molecule has 90 valence electrons. The van der Waals surface area contributed by atoms with Crippen molar-refractivity contribution in [2.45, 2.75) is 33.3 Å². The molecule has 1 aromatic rings. The second-order valence-electron chi connectivity index (χ2n) is 3.68. The van der Waals surface area contributed by atoms with Crippen molar-refractivity contribution in [3.8, 4) is 0 Å². The van der Waals surface area contributed by atoms with Crippen molar-refractivity contribution in [3.05, 3.63) is 11.5 Å². The van der Waals surface area contributed by atoms with Gasteiger partial charge in [0.2, 0.25) is 0 Å². The number of hydrogen-bond donors (Lipinski definition) is 3. The lowest BCUT2D eigenvalue weighted by molar-refractivity contribution is 0.184. The molecule has 0 aliphatic carbocycles. The highest BCUT2D eigenvalue weighted by Gasteiger charge is 2.08. The van der Waals surface area contributed by atoms with E-state index in [4.69, 9.17) is 9.52 Å². The third-order valence-electron chi connectivity index (χ3n) is 2.10. The molecular weight excluding hydrogens is 210 g/mol. The summed E-state index contributed by atoms with van der Waals surface area (Å²) in [5.74, 6) is 0.680. The lowest BCUT2D eigenvalue weighted by atomic mass is 10.3. The Labute approximate surface area is 94.1 Å². The number of nitrogens with one attached hydrogen (secondary N) is 2. The van der Waals surface area contributed by atoms with E-state index in [1.54, 1.807) is 20.8 Å². The van der Waals surface area contributed by atoms with E-state index < -0.39 is 6.10 Å². The van der Waals surface area contributed by atoms with Crippen LogP contribution in [-0.4, -0.2) is 28.8 Å². The number of urea groups is 1. The van der Waals surface area contributed by atoms with Gasteiger partial charge in [0.1, 0.15) is 5.76 Å². The maximum absolute atomic E-state index is 11.3. The fraction of sp³-hybridized carbons (Fsp3) is 0.600. The summed E-state index contributed by atoms with van der Waals surface area (Å²) < 4.78 is 5.18. The quantitative estimate of drug-likeness (QED) is 0.720. The number of amides is 2. The molecule has 1 rings (SSSR count). The van der Waals surface area contributed by atoms with Crippen LogP contribution in [0.4, 0.5) is 10.8 Å². The van der Waals surface area contributed by atoms with Crippen LogP contribution in [-0.2, 0) is 0 Å². The predicted molar refractivity (Wildman–Crippen MR) is 59.3 cm³/mol. The average molecular weight is 227 g/mol. The second-order valence-corrected chi connectivity index (χ2v) is 3.68. The number of nitrogens with zero attached hydrogens (tertiary/aromatic N) is 1. The molecule has 1 atom stereocenters. The zero-order valence-corrected chi connectivity index (χ0v) is 9.70. The highest BCUT2D eigenvalue weighted by molar-refractivity contribution is 5.86. The number of aliphatic hydroxyl groups is 1. The summed E-state index contributed by atoms with van der Waals surface area (Å²) in [6.45, 7) is 5.65. The van der Waals surface area contributed by atoms with E-state index in [9.17, 15) is 4.79 Å². The zero-order chi connectivity index (χ0) is 12.1. The highest BCUT2D eigenvalue weighted by atomic mass is 16.4. The van der Waals surface area contributed by atoms with E-state index in [1.807, 2.05) is 0 Å². The van der Waals surface area contributed by atoms with Crippen LogP contribution >= 0.6 is 0 Å². The van der Waals surface area contributed by atoms with E-state index in [0.29, 0.717) is 18.7 Å². The first-order valence-corrected chi connectivity index (χ1v) is 5.16. The Balaban J connectivity index is 2.34. The Morgan fingerprint density at radius 3 is 2.75 bits per heavy atom. The molecule has 0 radical (unpaired) electrons. The lowest BCUT2D eigenvalue weighted by Crippen LogP contribution is -2.31. The normalized spacial score (nSPS) is 12.2. The Morgan fingerprint density at radius 1 is 1.56 bits per heavy atom. The summed E-state index contributed by atoms with van der Waals surface area (Å²) in [6, 6.07) is -0.202. The molecule has 0 aliphatic rings. The SMILES string of the molecule is Cc1nc(NC(=O)NCCC(C)O)oc1C. The zero-order valence-electron chi connectivity index (χ0n) is 9.70. The number of oxazole rings is 1. The van der Waals surface area contributed by atoms with Crippen LogP contribution in [0, 0.1) is 13.8 Å². The first-order chi connectivity index (χ1) is 7.49. The van der Waals surface area contributed by atoms with Crippen LogP contribution in [0.25, 0.3) is 0 Å². The Morgan fingerprint density at radius 2 is 2.25 bits per heavy atom. The van der Waals surface area contributed by atoms with Crippen molar-refractivity contribution in [2.24, 2.45) is 0 Å². The van der Waals surface area contributed by atoms with Gasteiger partial charge in [-0.3, -0.25) is 5.32 Å². The van der Waals surface area contributed by atoms with Crippen LogP contribution < -0.4 is 10.6 Å². The molecule has 1 heterocycles. The number of aliphatic hydroxyl groups excluding tert-OH is 1. The van der Waals surface area contributed by atoms with E-state index in [-0.39, 0.29) is 12.0 Å². The molecule has 0 saturated carbocycles. The molecule has 0 fully saturated rings. The number of hydrogen-bond acceptors (Lipinski definition) is 4. The van der Waals surface area contributed by atoms with Gasteiger partial charge >= 0.3 is 12.0 Å². The first kappa shape index (κ1) is 12.5. The van der Waals surface area contributed by atoms with Crippen molar-refractivity contribution >= 4 is 12.0 Å². The van der Waals surface area contributed by atoms with Crippen molar-refractivity contribution in [1.29, 1.82) is 0 Å². The Kier molecular flexibility index (Phi) is 4.30. The van der Waals surface area contributed by atoms with Crippen molar-refractivity contribution in [3.63, 3.8) is 0 Å². The number of carbonyl (C=O) groups excluding carboxylic acids is 1. The van der Waals surface area contributed by atoms with Gasteiger partial charge in [-0.2, -0.15) is 4.98 Å². The molecule has 0 spiro atoms. The number of anilines is 1. The minimum absolute atomic E-state index is 0.185. The maximum atomic E-state index is 11.3.